The number of carbonyl (C=O) groups excluding carboxylic acids is 1. The van der Waals surface area contributed by atoms with Gasteiger partial charge in [0.1, 0.15) is 0 Å². The van der Waals surface area contributed by atoms with Crippen molar-refractivity contribution >= 4 is 21.7 Å². The van der Waals surface area contributed by atoms with Crippen LogP contribution in [0.25, 0.3) is 5.69 Å². The average Bonchev–Trinajstić information content (AvgIpc) is 2.57. The SMILES string of the molecule is CC(=O)c1cc(Br)ccc1-n1nc(C)cc1C. The van der Waals surface area contributed by atoms with E-state index in [2.05, 4.69) is 21.0 Å². The van der Waals surface area contributed by atoms with Gasteiger partial charge in [0.25, 0.3) is 0 Å². The summed E-state index contributed by atoms with van der Waals surface area (Å²) in [4.78, 5) is 11.6. The van der Waals surface area contributed by atoms with Gasteiger partial charge < -0.3 is 0 Å². The lowest BCUT2D eigenvalue weighted by atomic mass is 10.1. The fraction of sp³-hybridized carbons (Fsp3) is 0.231. The molecule has 88 valence electrons. The van der Waals surface area contributed by atoms with Crippen LogP contribution in [0.3, 0.4) is 0 Å². The zero-order chi connectivity index (χ0) is 12.6. The molecule has 1 heterocycles. The van der Waals surface area contributed by atoms with Crippen molar-refractivity contribution in [1.29, 1.82) is 0 Å². The number of aryl methyl sites for hydroxylation is 2. The molecule has 3 nitrogen and oxygen atoms in total. The molecular formula is C13H13BrN2O. The van der Waals surface area contributed by atoms with E-state index in [9.17, 15) is 4.79 Å². The Balaban J connectivity index is 2.67. The molecule has 0 amide bonds. The molecule has 17 heavy (non-hydrogen) atoms. The Morgan fingerprint density at radius 2 is 2.00 bits per heavy atom. The summed E-state index contributed by atoms with van der Waals surface area (Å²) in [7, 11) is 0. The highest BCUT2D eigenvalue weighted by atomic mass is 79.9. The minimum Gasteiger partial charge on any atom is -0.294 e. The molecule has 2 rings (SSSR count). The van der Waals surface area contributed by atoms with Crippen LogP contribution in [0.2, 0.25) is 0 Å². The molecule has 0 aliphatic heterocycles. The van der Waals surface area contributed by atoms with Crippen LogP contribution in [0, 0.1) is 13.8 Å². The number of halogens is 1. The Kier molecular flexibility index (Phi) is 3.15. The first-order chi connectivity index (χ1) is 7.99. The van der Waals surface area contributed by atoms with Gasteiger partial charge in [-0.25, -0.2) is 4.68 Å². The number of Topliss-reactive ketones (excluding diaryl/α,β-unsaturated/α-hetero) is 1. The number of hydrogen-bond acceptors (Lipinski definition) is 2. The summed E-state index contributed by atoms with van der Waals surface area (Å²) in [5, 5.41) is 4.40. The molecule has 0 spiro atoms. The van der Waals surface area contributed by atoms with Gasteiger partial charge in [0.2, 0.25) is 0 Å². The van der Waals surface area contributed by atoms with E-state index in [1.54, 1.807) is 11.6 Å². The summed E-state index contributed by atoms with van der Waals surface area (Å²) in [6, 6.07) is 7.64. The Morgan fingerprint density at radius 3 is 2.53 bits per heavy atom. The Labute approximate surface area is 109 Å². The van der Waals surface area contributed by atoms with Gasteiger partial charge in [-0.1, -0.05) is 15.9 Å². The summed E-state index contributed by atoms with van der Waals surface area (Å²) in [5.74, 6) is 0.0360. The van der Waals surface area contributed by atoms with Gasteiger partial charge in [0.15, 0.2) is 5.78 Å². The van der Waals surface area contributed by atoms with Gasteiger partial charge in [-0.15, -0.1) is 0 Å². The molecule has 0 aliphatic rings. The molecule has 1 aromatic heterocycles. The van der Waals surface area contributed by atoms with Crippen LogP contribution in [0.4, 0.5) is 0 Å². The lowest BCUT2D eigenvalue weighted by Gasteiger charge is -2.09. The van der Waals surface area contributed by atoms with Gasteiger partial charge >= 0.3 is 0 Å². The van der Waals surface area contributed by atoms with Crippen molar-refractivity contribution < 1.29 is 4.79 Å². The summed E-state index contributed by atoms with van der Waals surface area (Å²) >= 11 is 3.38. The second-order valence-electron chi connectivity index (χ2n) is 4.06. The van der Waals surface area contributed by atoms with Crippen LogP contribution in [0.15, 0.2) is 28.7 Å². The third-order valence-electron chi connectivity index (χ3n) is 2.58. The van der Waals surface area contributed by atoms with E-state index in [4.69, 9.17) is 0 Å². The standard InChI is InChI=1S/C13H13BrN2O/c1-8-6-9(2)16(15-8)13-5-4-11(14)7-12(13)10(3)17/h4-7H,1-3H3. The van der Waals surface area contributed by atoms with Gasteiger partial charge in [0.05, 0.1) is 11.4 Å². The maximum Gasteiger partial charge on any atom is 0.162 e. The predicted octanol–water partition coefficient (Wildman–Crippen LogP) is 3.45. The molecule has 0 aliphatic carbocycles. The van der Waals surface area contributed by atoms with E-state index >= 15 is 0 Å². The number of ketones is 1. The fourth-order valence-corrected chi connectivity index (χ4v) is 2.21. The Hall–Kier alpha value is -1.42. The van der Waals surface area contributed by atoms with Crippen molar-refractivity contribution in [3.8, 4) is 5.69 Å². The third-order valence-corrected chi connectivity index (χ3v) is 3.07. The number of aromatic nitrogens is 2. The minimum absolute atomic E-state index is 0.0360. The van der Waals surface area contributed by atoms with Gasteiger partial charge in [-0.3, -0.25) is 4.79 Å². The molecule has 4 heteroatoms. The topological polar surface area (TPSA) is 34.9 Å². The van der Waals surface area contributed by atoms with Gasteiger partial charge in [-0.2, -0.15) is 5.10 Å². The second-order valence-corrected chi connectivity index (χ2v) is 4.97. The van der Waals surface area contributed by atoms with E-state index in [-0.39, 0.29) is 5.78 Å². The molecule has 0 radical (unpaired) electrons. The monoisotopic (exact) mass is 292 g/mol. The molecule has 0 bridgehead atoms. The summed E-state index contributed by atoms with van der Waals surface area (Å²) in [5.41, 5.74) is 3.46. The van der Waals surface area contributed by atoms with Crippen molar-refractivity contribution in [2.45, 2.75) is 20.8 Å². The van der Waals surface area contributed by atoms with E-state index < -0.39 is 0 Å². The van der Waals surface area contributed by atoms with E-state index in [1.807, 2.05) is 38.1 Å². The minimum atomic E-state index is 0.0360. The van der Waals surface area contributed by atoms with E-state index in [1.165, 1.54) is 0 Å². The van der Waals surface area contributed by atoms with Crippen LogP contribution in [-0.4, -0.2) is 15.6 Å². The molecular weight excluding hydrogens is 280 g/mol. The van der Waals surface area contributed by atoms with Crippen molar-refractivity contribution in [2.75, 3.05) is 0 Å². The lowest BCUT2D eigenvalue weighted by molar-refractivity contribution is 0.101. The zero-order valence-corrected chi connectivity index (χ0v) is 11.6. The quantitative estimate of drug-likeness (QED) is 0.795. The highest BCUT2D eigenvalue weighted by Gasteiger charge is 2.12. The second kappa shape index (κ2) is 4.45. The maximum absolute atomic E-state index is 11.6. The Bertz CT molecular complexity index is 587. The number of carbonyl (C=O) groups is 1. The van der Waals surface area contributed by atoms with E-state index in [0.717, 1.165) is 21.5 Å². The molecule has 0 saturated heterocycles. The van der Waals surface area contributed by atoms with Crippen molar-refractivity contribution in [2.24, 2.45) is 0 Å². The smallest absolute Gasteiger partial charge is 0.162 e. The lowest BCUT2D eigenvalue weighted by Crippen LogP contribution is -2.06. The molecule has 1 aromatic carbocycles. The van der Waals surface area contributed by atoms with Crippen molar-refractivity contribution in [3.05, 3.63) is 45.7 Å². The Morgan fingerprint density at radius 1 is 1.29 bits per heavy atom. The maximum atomic E-state index is 11.6. The number of hydrogen-bond donors (Lipinski definition) is 0. The van der Waals surface area contributed by atoms with Crippen LogP contribution in [0.1, 0.15) is 28.7 Å². The van der Waals surface area contributed by atoms with E-state index in [0.29, 0.717) is 5.56 Å². The van der Waals surface area contributed by atoms with Crippen LogP contribution in [-0.2, 0) is 0 Å². The molecule has 2 aromatic rings. The summed E-state index contributed by atoms with van der Waals surface area (Å²) in [6.07, 6.45) is 0. The predicted molar refractivity (Wildman–Crippen MR) is 70.7 cm³/mol. The highest BCUT2D eigenvalue weighted by molar-refractivity contribution is 9.10. The molecule has 0 unspecified atom stereocenters. The average molecular weight is 293 g/mol. The molecule has 0 fully saturated rings. The van der Waals surface area contributed by atoms with Gasteiger partial charge in [0, 0.05) is 15.7 Å². The van der Waals surface area contributed by atoms with Crippen LogP contribution in [0.5, 0.6) is 0 Å². The molecule has 0 atom stereocenters. The number of nitrogens with zero attached hydrogens (tertiary/aromatic N) is 2. The third kappa shape index (κ3) is 2.31. The normalized spacial score (nSPS) is 10.6. The van der Waals surface area contributed by atoms with Crippen LogP contribution < -0.4 is 0 Å². The van der Waals surface area contributed by atoms with Crippen molar-refractivity contribution in [3.63, 3.8) is 0 Å². The zero-order valence-electron chi connectivity index (χ0n) is 9.99. The fourth-order valence-electron chi connectivity index (χ4n) is 1.85. The molecule has 0 N–H and O–H groups in total. The molecule has 0 saturated carbocycles. The number of rotatable bonds is 2. The summed E-state index contributed by atoms with van der Waals surface area (Å²) < 4.78 is 2.70. The van der Waals surface area contributed by atoms with Gasteiger partial charge in [-0.05, 0) is 45.0 Å². The summed E-state index contributed by atoms with van der Waals surface area (Å²) in [6.45, 7) is 5.48. The van der Waals surface area contributed by atoms with Crippen LogP contribution >= 0.6 is 15.9 Å². The largest absolute Gasteiger partial charge is 0.294 e. The first kappa shape index (κ1) is 12.0. The first-order valence-corrected chi connectivity index (χ1v) is 6.12. The number of benzene rings is 1. The highest BCUT2D eigenvalue weighted by Crippen LogP contribution is 2.22. The first-order valence-electron chi connectivity index (χ1n) is 5.33. The van der Waals surface area contributed by atoms with Crippen molar-refractivity contribution in [1.82, 2.24) is 9.78 Å².